The molecule has 2 rings (SSSR count). The average Bonchev–Trinajstić information content (AvgIpc) is 2.71. The fourth-order valence-electron chi connectivity index (χ4n) is 2.39. The molecule has 6 nitrogen and oxygen atoms in total. The van der Waals surface area contributed by atoms with Crippen LogP contribution in [0.5, 0.6) is 0 Å². The number of amides is 1. The van der Waals surface area contributed by atoms with Gasteiger partial charge < -0.3 is 9.84 Å². The number of pyridine rings is 1. The SMILES string of the molecule is COC(=O)c1cnc2c(c1)C(I)=C[N+]2(C(=O)O)C(C)(C)C. The number of quaternary nitrogens is 1. The van der Waals surface area contributed by atoms with E-state index in [4.69, 9.17) is 0 Å². The van der Waals surface area contributed by atoms with Gasteiger partial charge in [0.15, 0.2) is 0 Å². The first kappa shape index (κ1) is 15.9. The minimum absolute atomic E-state index is 0.304. The Bertz CT molecular complexity index is 663. The lowest BCUT2D eigenvalue weighted by atomic mass is 10.0. The summed E-state index contributed by atoms with van der Waals surface area (Å²) < 4.78 is 5.02. The Morgan fingerprint density at radius 1 is 1.38 bits per heavy atom. The van der Waals surface area contributed by atoms with Crippen LogP contribution in [0.15, 0.2) is 18.5 Å². The van der Waals surface area contributed by atoms with Crippen LogP contribution in [0.25, 0.3) is 3.58 Å². The van der Waals surface area contributed by atoms with Crippen molar-refractivity contribution in [1.29, 1.82) is 0 Å². The van der Waals surface area contributed by atoms with Gasteiger partial charge >= 0.3 is 12.1 Å². The Morgan fingerprint density at radius 2 is 2.00 bits per heavy atom. The average molecular weight is 403 g/mol. The molecule has 1 aromatic heterocycles. The molecule has 1 aromatic rings. The quantitative estimate of drug-likeness (QED) is 0.442. The molecule has 0 fully saturated rings. The zero-order chi connectivity index (χ0) is 16.0. The highest BCUT2D eigenvalue weighted by molar-refractivity contribution is 14.1. The van der Waals surface area contributed by atoms with Gasteiger partial charge in [0.2, 0.25) is 0 Å². The molecule has 0 saturated heterocycles. The lowest BCUT2D eigenvalue weighted by Crippen LogP contribution is -2.60. The van der Waals surface area contributed by atoms with Crippen LogP contribution in [0.4, 0.5) is 10.6 Å². The van der Waals surface area contributed by atoms with Crippen molar-refractivity contribution in [2.24, 2.45) is 0 Å². The molecule has 7 heteroatoms. The molecule has 0 aromatic carbocycles. The van der Waals surface area contributed by atoms with Crippen molar-refractivity contribution in [3.63, 3.8) is 0 Å². The number of aromatic nitrogens is 1. The number of halogens is 1. The Hall–Kier alpha value is -1.48. The molecule has 1 aliphatic heterocycles. The molecule has 21 heavy (non-hydrogen) atoms. The maximum atomic E-state index is 11.9. The highest BCUT2D eigenvalue weighted by Gasteiger charge is 2.55. The third-order valence-corrected chi connectivity index (χ3v) is 4.41. The Morgan fingerprint density at radius 3 is 2.48 bits per heavy atom. The van der Waals surface area contributed by atoms with Crippen molar-refractivity contribution in [1.82, 2.24) is 9.47 Å². The third kappa shape index (κ3) is 2.24. The number of carboxylic acid groups (broad SMARTS) is 1. The summed E-state index contributed by atoms with van der Waals surface area (Å²) in [6.07, 6.45) is 2.01. The maximum absolute atomic E-state index is 11.9. The predicted octanol–water partition coefficient (Wildman–Crippen LogP) is 3.40. The monoisotopic (exact) mass is 403 g/mol. The van der Waals surface area contributed by atoms with Crippen LogP contribution >= 0.6 is 22.6 Å². The summed E-state index contributed by atoms with van der Waals surface area (Å²) in [6.45, 7) is 5.52. The molecule has 1 atom stereocenters. The standard InChI is InChI=1S/C14H15IN2O4/c1-14(2,3)17(13(19)20)7-10(15)9-5-8(12(18)21-4)6-16-11(9)17/h5-7H,1-4H3/p+1. The van der Waals surface area contributed by atoms with Crippen LogP contribution in [0.2, 0.25) is 0 Å². The molecule has 0 spiro atoms. The molecule has 0 radical (unpaired) electrons. The second-order valence-corrected chi connectivity index (χ2v) is 6.90. The van der Waals surface area contributed by atoms with E-state index < -0.39 is 22.1 Å². The van der Waals surface area contributed by atoms with Crippen molar-refractivity contribution < 1.29 is 19.4 Å². The van der Waals surface area contributed by atoms with Gasteiger partial charge in [-0.2, -0.15) is 4.79 Å². The van der Waals surface area contributed by atoms with E-state index in [1.54, 1.807) is 12.3 Å². The van der Waals surface area contributed by atoms with Gasteiger partial charge in [-0.05, 0) is 49.4 Å². The molecule has 1 unspecified atom stereocenters. The second kappa shape index (κ2) is 5.06. The van der Waals surface area contributed by atoms with Crippen molar-refractivity contribution in [2.45, 2.75) is 26.3 Å². The number of fused-ring (bicyclic) bond motifs is 1. The molecule has 1 N–H and O–H groups in total. The van der Waals surface area contributed by atoms with E-state index in [1.807, 2.05) is 20.8 Å². The van der Waals surface area contributed by atoms with Crippen molar-refractivity contribution >= 4 is 44.1 Å². The summed E-state index contributed by atoms with van der Waals surface area (Å²) in [6, 6.07) is 1.63. The van der Waals surface area contributed by atoms with E-state index in [2.05, 4.69) is 32.3 Å². The smallest absolute Gasteiger partial charge is 0.465 e. The number of nitrogens with zero attached hydrogens (tertiary/aromatic N) is 2. The molecular formula is C14H16IN2O4+. The minimum Gasteiger partial charge on any atom is -0.465 e. The highest BCUT2D eigenvalue weighted by Crippen LogP contribution is 2.47. The van der Waals surface area contributed by atoms with Crippen LogP contribution in [0.1, 0.15) is 36.7 Å². The summed E-state index contributed by atoms with van der Waals surface area (Å²) in [5.41, 5.74) is 0.335. The first-order valence-corrected chi connectivity index (χ1v) is 7.33. The Labute approximate surface area is 136 Å². The summed E-state index contributed by atoms with van der Waals surface area (Å²) in [4.78, 5) is 27.8. The van der Waals surface area contributed by atoms with Gasteiger partial charge in [-0.3, -0.25) is 0 Å². The zero-order valence-electron chi connectivity index (χ0n) is 12.2. The number of hydrogen-bond donors (Lipinski definition) is 1. The summed E-state index contributed by atoms with van der Waals surface area (Å²) in [5.74, 6) is -0.0855. The normalized spacial score (nSPS) is 20.7. The van der Waals surface area contributed by atoms with Gasteiger partial charge in [-0.1, -0.05) is 0 Å². The number of carbonyl (C=O) groups excluding carboxylic acids is 1. The molecule has 112 valence electrons. The molecular weight excluding hydrogens is 387 g/mol. The largest absolute Gasteiger partial charge is 0.525 e. The topological polar surface area (TPSA) is 76.5 Å². The number of ether oxygens (including phenoxy) is 1. The first-order valence-electron chi connectivity index (χ1n) is 6.25. The summed E-state index contributed by atoms with van der Waals surface area (Å²) in [5, 5.41) is 9.78. The lowest BCUT2D eigenvalue weighted by Gasteiger charge is -2.36. The fourth-order valence-corrected chi connectivity index (χ4v) is 3.20. The minimum atomic E-state index is -1.01. The van der Waals surface area contributed by atoms with Gasteiger partial charge in [-0.25, -0.2) is 9.78 Å². The zero-order valence-corrected chi connectivity index (χ0v) is 14.3. The van der Waals surface area contributed by atoms with E-state index in [0.29, 0.717) is 16.9 Å². The summed E-state index contributed by atoms with van der Waals surface area (Å²) >= 11 is 2.06. The van der Waals surface area contributed by atoms with Gasteiger partial charge in [-0.15, -0.1) is 4.48 Å². The Balaban J connectivity index is 2.71. The molecule has 1 aliphatic rings. The maximum Gasteiger partial charge on any atom is 0.525 e. The lowest BCUT2D eigenvalue weighted by molar-refractivity contribution is 0.0600. The molecule has 0 saturated carbocycles. The predicted molar refractivity (Wildman–Crippen MR) is 87.1 cm³/mol. The van der Waals surface area contributed by atoms with Gasteiger partial charge in [0.05, 0.1) is 21.8 Å². The molecule has 1 amide bonds. The molecule has 0 aliphatic carbocycles. The van der Waals surface area contributed by atoms with Crippen molar-refractivity contribution in [3.05, 3.63) is 29.6 Å². The van der Waals surface area contributed by atoms with Crippen LogP contribution in [-0.2, 0) is 4.74 Å². The van der Waals surface area contributed by atoms with Crippen LogP contribution in [0.3, 0.4) is 0 Å². The fraction of sp³-hybridized carbons (Fsp3) is 0.357. The molecule has 2 heterocycles. The number of carbonyl (C=O) groups is 2. The van der Waals surface area contributed by atoms with E-state index in [0.717, 1.165) is 3.58 Å². The van der Waals surface area contributed by atoms with E-state index in [1.165, 1.54) is 13.3 Å². The van der Waals surface area contributed by atoms with E-state index in [-0.39, 0.29) is 0 Å². The van der Waals surface area contributed by atoms with Crippen molar-refractivity contribution in [3.8, 4) is 0 Å². The molecule has 0 bridgehead atoms. The second-order valence-electron chi connectivity index (χ2n) is 5.74. The number of methoxy groups -OCH3 is 1. The number of rotatable bonds is 1. The van der Waals surface area contributed by atoms with Crippen LogP contribution in [0, 0.1) is 0 Å². The third-order valence-electron chi connectivity index (χ3n) is 3.55. The van der Waals surface area contributed by atoms with Gasteiger partial charge in [0.1, 0.15) is 11.7 Å². The Kier molecular flexibility index (Phi) is 3.83. The highest BCUT2D eigenvalue weighted by atomic mass is 127. The van der Waals surface area contributed by atoms with E-state index >= 15 is 0 Å². The number of hydrogen-bond acceptors (Lipinski definition) is 4. The van der Waals surface area contributed by atoms with Gasteiger partial charge in [0, 0.05) is 6.20 Å². The van der Waals surface area contributed by atoms with Crippen LogP contribution < -0.4 is 4.48 Å². The number of esters is 1. The van der Waals surface area contributed by atoms with E-state index in [9.17, 15) is 14.7 Å². The summed E-state index contributed by atoms with van der Waals surface area (Å²) in [7, 11) is 1.29. The van der Waals surface area contributed by atoms with Crippen molar-refractivity contribution in [2.75, 3.05) is 7.11 Å². The van der Waals surface area contributed by atoms with Gasteiger partial charge in [0.25, 0.3) is 5.82 Å². The van der Waals surface area contributed by atoms with Crippen LogP contribution in [-0.4, -0.2) is 34.8 Å². The first-order chi connectivity index (χ1) is 9.65.